The van der Waals surface area contributed by atoms with E-state index >= 15 is 0 Å². The fraction of sp³-hybridized carbons (Fsp3) is 0.0513. The van der Waals surface area contributed by atoms with Gasteiger partial charge in [-0.2, -0.15) is 0 Å². The molecule has 3 aromatic heterocycles. The van der Waals surface area contributed by atoms with Crippen molar-refractivity contribution in [1.82, 2.24) is 9.13 Å². The van der Waals surface area contributed by atoms with Crippen LogP contribution in [0.1, 0.15) is 22.3 Å². The number of aromatic nitrogens is 2. The number of thiophene rings is 1. The SMILES string of the molecule is C=CC(=C)c1ccccc1C.Cn1c2ccc(-c3ccc4c(c3)Cc3ccccc3-4)cc2c2c3ccccc3c3ccccc3c21.Cn1c2ccc(-c3ccc4c(c3)sc3ccccc34)cc2c2c3ccccc3c3ccccc3c21. The number of rotatable bonds is 4. The average molecular weight is 1050 g/mol. The van der Waals surface area contributed by atoms with Gasteiger partial charge in [0.1, 0.15) is 0 Å². The van der Waals surface area contributed by atoms with Crippen molar-refractivity contribution in [2.45, 2.75) is 13.3 Å². The second kappa shape index (κ2) is 19.2. The summed E-state index contributed by atoms with van der Waals surface area (Å²) in [5.74, 6) is 0. The van der Waals surface area contributed by atoms with Crippen LogP contribution in [-0.2, 0) is 20.5 Å². The summed E-state index contributed by atoms with van der Waals surface area (Å²) in [5, 5.41) is 18.6. The van der Waals surface area contributed by atoms with Crippen molar-refractivity contribution in [3.63, 3.8) is 0 Å². The molecule has 384 valence electrons. The van der Waals surface area contributed by atoms with Gasteiger partial charge in [-0.05, 0) is 143 Å². The first-order valence-corrected chi connectivity index (χ1v) is 28.8. The standard InChI is InChI=1S/C34H23N.C33H21NS.C11H12/c1-35-32-17-15-22(21-14-16-26-24(18-21)19-23-8-2-3-9-25(23)26)20-31(32)33-29-12-6-4-10-27(29)28-11-5-7-13-30(28)34(33)35;1-34-29-17-15-20(21-14-16-25-24-10-6-7-13-30(24)35-31(25)19-21)18-28(29)32-26-11-4-2-8-22(26)23-9-3-5-12-27(23)33(32)34;1-4-9(2)11-8-6-5-7-10(11)3/h2-18,20H,19H2,1H3;2-19H,1H3;4-8H,1-2H2,3H3. The van der Waals surface area contributed by atoms with Crippen LogP contribution in [0, 0.1) is 6.92 Å². The van der Waals surface area contributed by atoms with Gasteiger partial charge < -0.3 is 9.13 Å². The van der Waals surface area contributed by atoms with Crippen LogP contribution in [0.5, 0.6) is 0 Å². The van der Waals surface area contributed by atoms with E-state index in [2.05, 4.69) is 274 Å². The first-order valence-electron chi connectivity index (χ1n) is 27.9. The molecule has 0 bridgehead atoms. The van der Waals surface area contributed by atoms with Crippen molar-refractivity contribution in [2.75, 3.05) is 0 Å². The van der Waals surface area contributed by atoms with E-state index in [1.54, 1.807) is 6.08 Å². The van der Waals surface area contributed by atoms with E-state index in [1.807, 2.05) is 23.5 Å². The minimum Gasteiger partial charge on any atom is -0.343 e. The fourth-order valence-corrected chi connectivity index (χ4v) is 14.6. The number of fused-ring (bicyclic) bond motifs is 22. The van der Waals surface area contributed by atoms with Crippen LogP contribution in [0.4, 0.5) is 0 Å². The second-order valence-corrected chi connectivity index (χ2v) is 22.9. The number of aryl methyl sites for hydroxylation is 3. The lowest BCUT2D eigenvalue weighted by Crippen LogP contribution is -1.89. The molecule has 0 N–H and O–H groups in total. The van der Waals surface area contributed by atoms with Gasteiger partial charge in [0, 0.05) is 77.6 Å². The Balaban J connectivity index is 0.000000118. The Morgan fingerprint density at radius 1 is 0.383 bits per heavy atom. The number of nitrogens with zero attached hydrogens (tertiary/aromatic N) is 2. The monoisotopic (exact) mass is 1050 g/mol. The van der Waals surface area contributed by atoms with E-state index in [-0.39, 0.29) is 0 Å². The maximum absolute atomic E-state index is 3.89. The third-order valence-electron chi connectivity index (χ3n) is 17.3. The van der Waals surface area contributed by atoms with Crippen LogP contribution in [0.25, 0.3) is 146 Å². The minimum atomic E-state index is 0.989. The molecule has 81 heavy (non-hydrogen) atoms. The van der Waals surface area contributed by atoms with Gasteiger partial charge in [0.25, 0.3) is 0 Å². The van der Waals surface area contributed by atoms with Crippen LogP contribution in [-0.4, -0.2) is 9.13 Å². The summed E-state index contributed by atoms with van der Waals surface area (Å²) in [5.41, 5.74) is 19.3. The Hall–Kier alpha value is -9.80. The topological polar surface area (TPSA) is 9.86 Å². The van der Waals surface area contributed by atoms with E-state index in [9.17, 15) is 0 Å². The number of allylic oxidation sites excluding steroid dienone is 2. The highest BCUT2D eigenvalue weighted by Gasteiger charge is 2.21. The molecule has 2 nitrogen and oxygen atoms in total. The maximum atomic E-state index is 3.89. The zero-order valence-electron chi connectivity index (χ0n) is 45.6. The van der Waals surface area contributed by atoms with Crippen LogP contribution in [0.2, 0.25) is 0 Å². The largest absolute Gasteiger partial charge is 0.343 e. The van der Waals surface area contributed by atoms with Crippen molar-refractivity contribution in [3.05, 3.63) is 284 Å². The van der Waals surface area contributed by atoms with E-state index in [4.69, 9.17) is 0 Å². The Labute approximate surface area is 475 Å². The molecule has 0 saturated heterocycles. The van der Waals surface area contributed by atoms with Gasteiger partial charge in [0.15, 0.2) is 0 Å². The van der Waals surface area contributed by atoms with Crippen molar-refractivity contribution in [3.8, 4) is 33.4 Å². The zero-order chi connectivity index (χ0) is 54.5. The van der Waals surface area contributed by atoms with Gasteiger partial charge in [-0.15, -0.1) is 11.3 Å². The molecule has 1 aliphatic carbocycles. The Kier molecular flexibility index (Phi) is 11.5. The van der Waals surface area contributed by atoms with Crippen LogP contribution in [0.15, 0.2) is 262 Å². The van der Waals surface area contributed by atoms with Crippen LogP contribution >= 0.6 is 11.3 Å². The highest BCUT2D eigenvalue weighted by molar-refractivity contribution is 7.25. The molecule has 0 spiro atoms. The highest BCUT2D eigenvalue weighted by Crippen LogP contribution is 2.45. The first-order chi connectivity index (χ1) is 39.8. The fourth-order valence-electron chi connectivity index (χ4n) is 13.4. The van der Waals surface area contributed by atoms with E-state index in [0.29, 0.717) is 0 Å². The molecule has 3 heterocycles. The molecule has 0 aliphatic heterocycles. The third kappa shape index (κ3) is 7.75. The van der Waals surface area contributed by atoms with Crippen LogP contribution in [0.3, 0.4) is 0 Å². The molecular formula is C78H56N2S. The Morgan fingerprint density at radius 3 is 1.41 bits per heavy atom. The van der Waals surface area contributed by atoms with Gasteiger partial charge >= 0.3 is 0 Å². The highest BCUT2D eigenvalue weighted by atomic mass is 32.1. The Bertz CT molecular complexity index is 5290. The van der Waals surface area contributed by atoms with Gasteiger partial charge in [0.05, 0.1) is 11.0 Å². The number of benzene rings is 13. The summed E-state index contributed by atoms with van der Waals surface area (Å²) in [6.07, 6.45) is 2.80. The molecule has 0 saturated carbocycles. The lowest BCUT2D eigenvalue weighted by Gasteiger charge is -2.09. The van der Waals surface area contributed by atoms with Crippen molar-refractivity contribution < 1.29 is 0 Å². The lowest BCUT2D eigenvalue weighted by molar-refractivity contribution is 1.02. The number of hydrogen-bond acceptors (Lipinski definition) is 1. The molecule has 16 aromatic rings. The molecule has 3 heteroatoms. The molecule has 0 unspecified atom stereocenters. The molecule has 0 atom stereocenters. The summed E-state index contributed by atoms with van der Waals surface area (Å²) in [4.78, 5) is 0. The normalized spacial score (nSPS) is 11.9. The Morgan fingerprint density at radius 2 is 0.815 bits per heavy atom. The predicted molar refractivity (Wildman–Crippen MR) is 353 cm³/mol. The van der Waals surface area contributed by atoms with Gasteiger partial charge in [-0.25, -0.2) is 0 Å². The summed E-state index contributed by atoms with van der Waals surface area (Å²) in [6.45, 7) is 9.64. The van der Waals surface area contributed by atoms with Gasteiger partial charge in [-0.1, -0.05) is 225 Å². The van der Waals surface area contributed by atoms with Crippen molar-refractivity contribution in [1.29, 1.82) is 0 Å². The molecular weight excluding hydrogens is 997 g/mol. The van der Waals surface area contributed by atoms with E-state index in [1.165, 1.54) is 163 Å². The van der Waals surface area contributed by atoms with Gasteiger partial charge in [0.2, 0.25) is 0 Å². The molecule has 0 amide bonds. The zero-order valence-corrected chi connectivity index (χ0v) is 46.4. The molecule has 17 rings (SSSR count). The predicted octanol–water partition coefficient (Wildman–Crippen LogP) is 21.7. The van der Waals surface area contributed by atoms with E-state index in [0.717, 1.165) is 12.0 Å². The second-order valence-electron chi connectivity index (χ2n) is 21.8. The first kappa shape index (κ1) is 48.3. The van der Waals surface area contributed by atoms with Gasteiger partial charge in [-0.3, -0.25) is 0 Å². The van der Waals surface area contributed by atoms with Crippen molar-refractivity contribution in [2.24, 2.45) is 14.1 Å². The third-order valence-corrected chi connectivity index (χ3v) is 18.4. The average Bonchev–Trinajstić information content (AvgIpc) is 4.28. The number of hydrogen-bond donors (Lipinski definition) is 0. The summed E-state index contributed by atoms with van der Waals surface area (Å²) in [7, 11) is 4.41. The quantitative estimate of drug-likeness (QED) is 0.123. The summed E-state index contributed by atoms with van der Waals surface area (Å²) < 4.78 is 7.45. The molecule has 0 radical (unpaired) electrons. The molecule has 1 aliphatic rings. The molecule has 13 aromatic carbocycles. The van der Waals surface area contributed by atoms with E-state index < -0.39 is 0 Å². The smallest absolute Gasteiger partial charge is 0.0574 e. The lowest BCUT2D eigenvalue weighted by atomic mass is 9.95. The summed E-state index contributed by atoms with van der Waals surface area (Å²) in [6, 6.07) is 88.9. The molecule has 0 fully saturated rings. The maximum Gasteiger partial charge on any atom is 0.0574 e. The summed E-state index contributed by atoms with van der Waals surface area (Å²) >= 11 is 1.88. The van der Waals surface area contributed by atoms with Crippen LogP contribution < -0.4 is 0 Å². The minimum absolute atomic E-state index is 0.989. The van der Waals surface area contributed by atoms with Crippen molar-refractivity contribution >= 4 is 124 Å².